The topological polar surface area (TPSA) is 76.1 Å². The van der Waals surface area contributed by atoms with Crippen LogP contribution in [0.25, 0.3) is 0 Å². The third-order valence-electron chi connectivity index (χ3n) is 3.00. The molecule has 0 aliphatic heterocycles. The van der Waals surface area contributed by atoms with E-state index in [9.17, 15) is 13.6 Å². The van der Waals surface area contributed by atoms with Gasteiger partial charge in [-0.15, -0.1) is 11.3 Å². The summed E-state index contributed by atoms with van der Waals surface area (Å²) in [5, 5.41) is 6.36. The van der Waals surface area contributed by atoms with Crippen molar-refractivity contribution in [3.8, 4) is 6.01 Å². The minimum absolute atomic E-state index is 0.0383. The highest BCUT2D eigenvalue weighted by Gasteiger charge is 2.13. The Kier molecular flexibility index (Phi) is 5.14. The maximum atomic E-state index is 13.8. The summed E-state index contributed by atoms with van der Waals surface area (Å²) in [6, 6.07) is 8.42. The Morgan fingerprint density at radius 2 is 1.96 bits per heavy atom. The Labute approximate surface area is 145 Å². The Balaban J connectivity index is 1.65. The van der Waals surface area contributed by atoms with Crippen LogP contribution in [0, 0.1) is 11.6 Å². The molecule has 2 heterocycles. The summed E-state index contributed by atoms with van der Waals surface area (Å²) in [5.41, 5.74) is -0.0383. The maximum absolute atomic E-state index is 13.8. The SMILES string of the molecule is O=C(Nc1ccccc1F)Nc1nc(OCc2cccs2)ncc1F. The van der Waals surface area contributed by atoms with Crippen molar-refractivity contribution >= 4 is 28.9 Å². The summed E-state index contributed by atoms with van der Waals surface area (Å²) in [7, 11) is 0. The second kappa shape index (κ2) is 7.67. The van der Waals surface area contributed by atoms with Crippen LogP contribution in [0.3, 0.4) is 0 Å². The molecule has 0 fully saturated rings. The van der Waals surface area contributed by atoms with Gasteiger partial charge in [-0.1, -0.05) is 18.2 Å². The van der Waals surface area contributed by atoms with Gasteiger partial charge in [0.2, 0.25) is 0 Å². The van der Waals surface area contributed by atoms with Gasteiger partial charge in [0.15, 0.2) is 11.6 Å². The number of carbonyl (C=O) groups is 1. The Hall–Kier alpha value is -3.07. The van der Waals surface area contributed by atoms with Gasteiger partial charge in [0.05, 0.1) is 11.9 Å². The predicted molar refractivity (Wildman–Crippen MR) is 89.7 cm³/mol. The molecule has 9 heteroatoms. The van der Waals surface area contributed by atoms with Gasteiger partial charge in [-0.25, -0.2) is 18.6 Å². The first kappa shape index (κ1) is 16.8. The zero-order valence-corrected chi connectivity index (χ0v) is 13.5. The van der Waals surface area contributed by atoms with Crippen molar-refractivity contribution in [3.63, 3.8) is 0 Å². The van der Waals surface area contributed by atoms with E-state index < -0.39 is 17.7 Å². The monoisotopic (exact) mass is 362 g/mol. The molecule has 0 radical (unpaired) electrons. The van der Waals surface area contributed by atoms with Gasteiger partial charge in [0.1, 0.15) is 12.4 Å². The van der Waals surface area contributed by atoms with Crippen LogP contribution in [-0.2, 0) is 6.61 Å². The number of para-hydroxylation sites is 1. The lowest BCUT2D eigenvalue weighted by Gasteiger charge is -2.09. The molecule has 1 aromatic carbocycles. The lowest BCUT2D eigenvalue weighted by Crippen LogP contribution is -2.21. The molecule has 2 aromatic heterocycles. The standard InChI is InChI=1S/C16H12F2N4O2S/c17-11-5-1-2-6-13(11)20-15(23)21-14-12(18)8-19-16(22-14)24-9-10-4-3-7-25-10/h1-8H,9H2,(H2,19,20,21,22,23). The van der Waals surface area contributed by atoms with Crippen LogP contribution in [0.15, 0.2) is 48.0 Å². The number of halogens is 2. The van der Waals surface area contributed by atoms with Crippen LogP contribution in [0.5, 0.6) is 6.01 Å². The van der Waals surface area contributed by atoms with E-state index >= 15 is 0 Å². The molecule has 3 aromatic rings. The number of benzene rings is 1. The van der Waals surface area contributed by atoms with Crippen LogP contribution >= 0.6 is 11.3 Å². The number of aromatic nitrogens is 2. The van der Waals surface area contributed by atoms with Crippen molar-refractivity contribution in [3.05, 3.63) is 64.5 Å². The minimum atomic E-state index is -0.841. The van der Waals surface area contributed by atoms with Gasteiger partial charge in [-0.3, -0.25) is 5.32 Å². The Morgan fingerprint density at radius 1 is 1.12 bits per heavy atom. The van der Waals surface area contributed by atoms with Gasteiger partial charge in [-0.2, -0.15) is 4.98 Å². The summed E-state index contributed by atoms with van der Waals surface area (Å²) in [6.07, 6.45) is 0.884. The first-order chi connectivity index (χ1) is 12.1. The maximum Gasteiger partial charge on any atom is 0.325 e. The van der Waals surface area contributed by atoms with E-state index in [1.165, 1.54) is 29.5 Å². The van der Waals surface area contributed by atoms with Gasteiger partial charge < -0.3 is 10.1 Å². The van der Waals surface area contributed by atoms with Crippen LogP contribution < -0.4 is 15.4 Å². The molecule has 0 unspecified atom stereocenters. The molecule has 0 spiro atoms. The molecule has 0 aliphatic rings. The van der Waals surface area contributed by atoms with E-state index in [1.807, 2.05) is 17.5 Å². The third kappa shape index (κ3) is 4.48. The lowest BCUT2D eigenvalue weighted by molar-refractivity contribution is 0.261. The number of hydrogen-bond donors (Lipinski definition) is 2. The van der Waals surface area contributed by atoms with E-state index in [1.54, 1.807) is 6.07 Å². The van der Waals surface area contributed by atoms with Crippen molar-refractivity contribution in [2.24, 2.45) is 0 Å². The van der Waals surface area contributed by atoms with Crippen LogP contribution in [0.1, 0.15) is 4.88 Å². The smallest absolute Gasteiger partial charge is 0.325 e. The first-order valence-electron chi connectivity index (χ1n) is 7.12. The highest BCUT2D eigenvalue weighted by molar-refractivity contribution is 7.09. The molecular formula is C16H12F2N4O2S. The highest BCUT2D eigenvalue weighted by Crippen LogP contribution is 2.17. The number of amides is 2. The molecule has 3 rings (SSSR count). The van der Waals surface area contributed by atoms with Gasteiger partial charge in [-0.05, 0) is 23.6 Å². The Morgan fingerprint density at radius 3 is 2.72 bits per heavy atom. The third-order valence-corrected chi connectivity index (χ3v) is 3.85. The van der Waals surface area contributed by atoms with Crippen molar-refractivity contribution in [2.75, 3.05) is 10.6 Å². The van der Waals surface area contributed by atoms with Gasteiger partial charge in [0, 0.05) is 4.88 Å². The first-order valence-corrected chi connectivity index (χ1v) is 8.00. The molecular weight excluding hydrogens is 350 g/mol. The molecule has 2 N–H and O–H groups in total. The van der Waals surface area contributed by atoms with Gasteiger partial charge >= 0.3 is 12.0 Å². The van der Waals surface area contributed by atoms with Crippen LogP contribution in [0.2, 0.25) is 0 Å². The fourth-order valence-corrected chi connectivity index (χ4v) is 2.48. The average Bonchev–Trinajstić information content (AvgIpc) is 3.11. The number of thiophene rings is 1. The fourth-order valence-electron chi connectivity index (χ4n) is 1.86. The summed E-state index contributed by atoms with van der Waals surface area (Å²) in [4.78, 5) is 20.3. The van der Waals surface area contributed by atoms with E-state index in [-0.39, 0.29) is 24.1 Å². The number of carbonyl (C=O) groups excluding carboxylic acids is 1. The number of nitrogens with zero attached hydrogens (tertiary/aromatic N) is 2. The zero-order chi connectivity index (χ0) is 17.6. The molecule has 0 saturated carbocycles. The number of urea groups is 1. The van der Waals surface area contributed by atoms with E-state index in [0.717, 1.165) is 11.1 Å². The van der Waals surface area contributed by atoms with Crippen molar-refractivity contribution < 1.29 is 18.3 Å². The van der Waals surface area contributed by atoms with Crippen molar-refractivity contribution in [1.82, 2.24) is 9.97 Å². The molecule has 0 saturated heterocycles. The molecule has 2 amide bonds. The zero-order valence-electron chi connectivity index (χ0n) is 12.7. The minimum Gasteiger partial charge on any atom is -0.458 e. The molecule has 0 aliphatic carbocycles. The molecule has 128 valence electrons. The molecule has 0 bridgehead atoms. The quantitative estimate of drug-likeness (QED) is 0.718. The predicted octanol–water partition coefficient (Wildman–Crippen LogP) is 4.04. The number of anilines is 2. The number of hydrogen-bond acceptors (Lipinski definition) is 5. The summed E-state index contributed by atoms with van der Waals surface area (Å²) in [6.45, 7) is 0.226. The second-order valence-corrected chi connectivity index (χ2v) is 5.81. The number of ether oxygens (including phenoxy) is 1. The van der Waals surface area contributed by atoms with E-state index in [2.05, 4.69) is 20.6 Å². The lowest BCUT2D eigenvalue weighted by atomic mass is 10.3. The number of nitrogens with one attached hydrogen (secondary N) is 2. The molecule has 0 atom stereocenters. The van der Waals surface area contributed by atoms with E-state index in [4.69, 9.17) is 4.74 Å². The molecule has 25 heavy (non-hydrogen) atoms. The second-order valence-electron chi connectivity index (χ2n) is 4.78. The van der Waals surface area contributed by atoms with Crippen LogP contribution in [-0.4, -0.2) is 16.0 Å². The average molecular weight is 362 g/mol. The normalized spacial score (nSPS) is 10.3. The number of rotatable bonds is 5. The summed E-state index contributed by atoms with van der Waals surface area (Å²) in [5.74, 6) is -1.82. The summed E-state index contributed by atoms with van der Waals surface area (Å²) >= 11 is 1.49. The summed E-state index contributed by atoms with van der Waals surface area (Å²) < 4.78 is 32.6. The largest absolute Gasteiger partial charge is 0.458 e. The van der Waals surface area contributed by atoms with Crippen molar-refractivity contribution in [2.45, 2.75) is 6.61 Å². The Bertz CT molecular complexity index is 874. The fraction of sp³-hybridized carbons (Fsp3) is 0.0625. The van der Waals surface area contributed by atoms with Crippen LogP contribution in [0.4, 0.5) is 25.1 Å². The highest BCUT2D eigenvalue weighted by atomic mass is 32.1. The molecule has 6 nitrogen and oxygen atoms in total. The van der Waals surface area contributed by atoms with Crippen molar-refractivity contribution in [1.29, 1.82) is 0 Å². The van der Waals surface area contributed by atoms with E-state index in [0.29, 0.717) is 0 Å². The van der Waals surface area contributed by atoms with Gasteiger partial charge in [0.25, 0.3) is 0 Å².